The topological polar surface area (TPSA) is 49.3 Å². The average Bonchev–Trinajstić information content (AvgIpc) is 2.78. The van der Waals surface area contributed by atoms with Gasteiger partial charge < -0.3 is 9.80 Å². The summed E-state index contributed by atoms with van der Waals surface area (Å²) in [5.41, 5.74) is 1.70. The molecule has 1 fully saturated rings. The Bertz CT molecular complexity index is 1160. The van der Waals surface area contributed by atoms with Crippen LogP contribution in [0.15, 0.2) is 73.1 Å². The van der Waals surface area contributed by atoms with Gasteiger partial charge in [0.1, 0.15) is 12.1 Å². The average molecular weight is 368 g/mol. The van der Waals surface area contributed by atoms with Gasteiger partial charge in [0.05, 0.1) is 5.52 Å². The predicted octanol–water partition coefficient (Wildman–Crippen LogP) is 3.75. The standard InChI is InChI=1S/C23H20N4O/c28-23(19-10-9-17-5-1-2-6-18(17)15-19)27-13-11-26(12-14-27)22-20-7-3-4-8-21(20)24-16-25-22/h1-10,15-16H,11-14H2. The summed E-state index contributed by atoms with van der Waals surface area (Å²) in [4.78, 5) is 26.0. The highest BCUT2D eigenvalue weighted by Crippen LogP contribution is 2.24. The zero-order chi connectivity index (χ0) is 18.9. The van der Waals surface area contributed by atoms with Crippen LogP contribution in [0.5, 0.6) is 0 Å². The van der Waals surface area contributed by atoms with Gasteiger partial charge in [0, 0.05) is 37.1 Å². The number of piperazine rings is 1. The van der Waals surface area contributed by atoms with Gasteiger partial charge in [0.25, 0.3) is 5.91 Å². The van der Waals surface area contributed by atoms with Crippen molar-refractivity contribution in [1.29, 1.82) is 0 Å². The number of nitrogens with zero attached hydrogens (tertiary/aromatic N) is 4. The number of fused-ring (bicyclic) bond motifs is 2. The maximum absolute atomic E-state index is 13.0. The Kier molecular flexibility index (Phi) is 4.13. The molecule has 1 aliphatic heterocycles. The monoisotopic (exact) mass is 368 g/mol. The van der Waals surface area contributed by atoms with E-state index in [1.807, 2.05) is 59.5 Å². The molecule has 0 bridgehead atoms. The summed E-state index contributed by atoms with van der Waals surface area (Å²) in [5, 5.41) is 3.30. The summed E-state index contributed by atoms with van der Waals surface area (Å²) >= 11 is 0. The Hall–Kier alpha value is -3.47. The van der Waals surface area contributed by atoms with Crippen molar-refractivity contribution < 1.29 is 4.79 Å². The van der Waals surface area contributed by atoms with Crippen LogP contribution in [0.3, 0.4) is 0 Å². The SMILES string of the molecule is O=C(c1ccc2ccccc2c1)N1CCN(c2ncnc3ccccc23)CC1. The lowest BCUT2D eigenvalue weighted by Crippen LogP contribution is -2.49. The summed E-state index contributed by atoms with van der Waals surface area (Å²) in [7, 11) is 0. The lowest BCUT2D eigenvalue weighted by Gasteiger charge is -2.35. The van der Waals surface area contributed by atoms with Crippen LogP contribution < -0.4 is 4.90 Å². The summed E-state index contributed by atoms with van der Waals surface area (Å²) in [6.45, 7) is 2.90. The van der Waals surface area contributed by atoms with Crippen LogP contribution in [-0.4, -0.2) is 47.0 Å². The summed E-state index contributed by atoms with van der Waals surface area (Å²) < 4.78 is 0. The normalized spacial score (nSPS) is 14.6. The molecule has 28 heavy (non-hydrogen) atoms. The molecule has 0 radical (unpaired) electrons. The molecule has 0 atom stereocenters. The zero-order valence-electron chi connectivity index (χ0n) is 15.5. The number of rotatable bonds is 2. The molecule has 4 aromatic rings. The molecular weight excluding hydrogens is 348 g/mol. The molecule has 1 amide bonds. The van der Waals surface area contributed by atoms with Gasteiger partial charge in [-0.1, -0.05) is 42.5 Å². The number of carbonyl (C=O) groups excluding carboxylic acids is 1. The molecule has 1 aliphatic rings. The van der Waals surface area contributed by atoms with Gasteiger partial charge in [0.2, 0.25) is 0 Å². The fourth-order valence-electron chi connectivity index (χ4n) is 3.87. The van der Waals surface area contributed by atoms with Crippen molar-refractivity contribution in [3.05, 3.63) is 78.6 Å². The number of amides is 1. The van der Waals surface area contributed by atoms with Crippen LogP contribution in [0.1, 0.15) is 10.4 Å². The van der Waals surface area contributed by atoms with Crippen LogP contribution >= 0.6 is 0 Å². The Balaban J connectivity index is 1.34. The van der Waals surface area contributed by atoms with Gasteiger partial charge in [-0.25, -0.2) is 9.97 Å². The van der Waals surface area contributed by atoms with Crippen molar-refractivity contribution >= 4 is 33.4 Å². The van der Waals surface area contributed by atoms with Gasteiger partial charge in [-0.05, 0) is 35.0 Å². The van der Waals surface area contributed by atoms with E-state index >= 15 is 0 Å². The van der Waals surface area contributed by atoms with Crippen LogP contribution in [0.4, 0.5) is 5.82 Å². The number of benzene rings is 3. The number of carbonyl (C=O) groups is 1. The zero-order valence-corrected chi connectivity index (χ0v) is 15.5. The Morgan fingerprint density at radius 1 is 0.786 bits per heavy atom. The van der Waals surface area contributed by atoms with Crippen LogP contribution in [0.25, 0.3) is 21.7 Å². The van der Waals surface area contributed by atoms with Crippen molar-refractivity contribution in [3.63, 3.8) is 0 Å². The van der Waals surface area contributed by atoms with Crippen molar-refractivity contribution in [3.8, 4) is 0 Å². The van der Waals surface area contributed by atoms with E-state index in [4.69, 9.17) is 0 Å². The number of aromatic nitrogens is 2. The maximum Gasteiger partial charge on any atom is 0.253 e. The minimum absolute atomic E-state index is 0.0953. The van der Waals surface area contributed by atoms with Gasteiger partial charge in [-0.3, -0.25) is 4.79 Å². The van der Waals surface area contributed by atoms with Crippen molar-refractivity contribution in [1.82, 2.24) is 14.9 Å². The highest BCUT2D eigenvalue weighted by molar-refractivity contribution is 5.98. The molecule has 1 aromatic heterocycles. The third-order valence-corrected chi connectivity index (χ3v) is 5.38. The lowest BCUT2D eigenvalue weighted by molar-refractivity contribution is 0.0747. The molecule has 0 spiro atoms. The van der Waals surface area contributed by atoms with Crippen LogP contribution in [0.2, 0.25) is 0 Å². The Morgan fingerprint density at radius 3 is 2.39 bits per heavy atom. The van der Waals surface area contributed by atoms with Crippen LogP contribution in [0, 0.1) is 0 Å². The van der Waals surface area contributed by atoms with E-state index in [0.29, 0.717) is 13.1 Å². The second-order valence-corrected chi connectivity index (χ2v) is 7.06. The first-order valence-corrected chi connectivity index (χ1v) is 9.52. The number of para-hydroxylation sites is 1. The van der Waals surface area contributed by atoms with Gasteiger partial charge in [-0.15, -0.1) is 0 Å². The van der Waals surface area contributed by atoms with E-state index in [-0.39, 0.29) is 5.91 Å². The minimum Gasteiger partial charge on any atom is -0.352 e. The first-order chi connectivity index (χ1) is 13.8. The third-order valence-electron chi connectivity index (χ3n) is 5.38. The van der Waals surface area contributed by atoms with Crippen molar-refractivity contribution in [2.75, 3.05) is 31.1 Å². The lowest BCUT2D eigenvalue weighted by atomic mass is 10.1. The first-order valence-electron chi connectivity index (χ1n) is 9.52. The van der Waals surface area contributed by atoms with E-state index in [1.54, 1.807) is 6.33 Å². The third kappa shape index (κ3) is 2.95. The molecule has 0 N–H and O–H groups in total. The molecule has 0 unspecified atom stereocenters. The van der Waals surface area contributed by atoms with Gasteiger partial charge >= 0.3 is 0 Å². The van der Waals surface area contributed by atoms with Gasteiger partial charge in [0.15, 0.2) is 0 Å². The number of anilines is 1. The molecule has 5 rings (SSSR count). The fourth-order valence-corrected chi connectivity index (χ4v) is 3.87. The van der Waals surface area contributed by atoms with E-state index in [1.165, 1.54) is 0 Å². The minimum atomic E-state index is 0.0953. The first kappa shape index (κ1) is 16.7. The molecule has 1 saturated heterocycles. The highest BCUT2D eigenvalue weighted by atomic mass is 16.2. The van der Waals surface area contributed by atoms with E-state index in [9.17, 15) is 4.79 Å². The molecule has 5 heteroatoms. The quantitative estimate of drug-likeness (QED) is 0.541. The smallest absolute Gasteiger partial charge is 0.253 e. The number of hydrogen-bond acceptors (Lipinski definition) is 4. The van der Waals surface area contributed by atoms with Crippen LogP contribution in [-0.2, 0) is 0 Å². The predicted molar refractivity (Wildman–Crippen MR) is 112 cm³/mol. The highest BCUT2D eigenvalue weighted by Gasteiger charge is 2.24. The second-order valence-electron chi connectivity index (χ2n) is 7.06. The molecule has 3 aromatic carbocycles. The fraction of sp³-hybridized carbons (Fsp3) is 0.174. The molecular formula is C23H20N4O. The van der Waals surface area contributed by atoms with Crippen molar-refractivity contribution in [2.24, 2.45) is 0 Å². The summed E-state index contributed by atoms with van der Waals surface area (Å²) in [6.07, 6.45) is 1.62. The molecule has 5 nitrogen and oxygen atoms in total. The Labute approximate surface area is 163 Å². The molecule has 138 valence electrons. The molecule has 0 saturated carbocycles. The summed E-state index contributed by atoms with van der Waals surface area (Å²) in [6, 6.07) is 22.1. The summed E-state index contributed by atoms with van der Waals surface area (Å²) in [5.74, 6) is 1.04. The molecule has 0 aliphatic carbocycles. The van der Waals surface area contributed by atoms with E-state index in [0.717, 1.165) is 46.1 Å². The largest absolute Gasteiger partial charge is 0.352 e. The Morgan fingerprint density at radius 2 is 1.54 bits per heavy atom. The van der Waals surface area contributed by atoms with Crippen molar-refractivity contribution in [2.45, 2.75) is 0 Å². The number of hydrogen-bond donors (Lipinski definition) is 0. The van der Waals surface area contributed by atoms with Gasteiger partial charge in [-0.2, -0.15) is 0 Å². The van der Waals surface area contributed by atoms with E-state index in [2.05, 4.69) is 27.0 Å². The van der Waals surface area contributed by atoms with E-state index < -0.39 is 0 Å². The maximum atomic E-state index is 13.0. The second kappa shape index (κ2) is 6.93. The molecule has 2 heterocycles.